The Morgan fingerprint density at radius 2 is 1.77 bits per heavy atom. The van der Waals surface area contributed by atoms with Gasteiger partial charge in [-0.05, 0) is 61.1 Å². The molecule has 7 nitrogen and oxygen atoms in total. The van der Waals surface area contributed by atoms with E-state index in [4.69, 9.17) is 12.2 Å². The maximum Gasteiger partial charge on any atom is 0.337 e. The topological polar surface area (TPSA) is 79.0 Å². The fourth-order valence-electron chi connectivity index (χ4n) is 3.34. The number of hydrogen-bond acceptors (Lipinski definition) is 5. The molecule has 1 unspecified atom stereocenters. The molecule has 1 aliphatic rings. The van der Waals surface area contributed by atoms with Crippen LogP contribution in [0.15, 0.2) is 48.5 Å². The van der Waals surface area contributed by atoms with Gasteiger partial charge in [-0.15, -0.1) is 0 Å². The summed E-state index contributed by atoms with van der Waals surface area (Å²) in [6, 6.07) is 11.4. The minimum Gasteiger partial charge on any atom is -0.465 e. The summed E-state index contributed by atoms with van der Waals surface area (Å²) in [6.45, 7) is 2.49. The van der Waals surface area contributed by atoms with Crippen molar-refractivity contribution >= 4 is 40.8 Å². The van der Waals surface area contributed by atoms with Gasteiger partial charge in [-0.2, -0.15) is 0 Å². The molecule has 0 saturated carbocycles. The zero-order valence-electron chi connectivity index (χ0n) is 17.1. The number of amides is 2. The normalized spacial score (nSPS) is 15.9. The monoisotopic (exact) mass is 443 g/mol. The molecule has 31 heavy (non-hydrogen) atoms. The van der Waals surface area contributed by atoms with Gasteiger partial charge >= 0.3 is 5.97 Å². The van der Waals surface area contributed by atoms with E-state index in [-0.39, 0.29) is 30.6 Å². The molecule has 0 aromatic heterocycles. The predicted molar refractivity (Wildman–Crippen MR) is 117 cm³/mol. The first-order valence-corrected chi connectivity index (χ1v) is 10.1. The largest absolute Gasteiger partial charge is 0.465 e. The standard InChI is InChI=1S/C22H22FN3O4S/c1-3-25-20(28)18(26(22(25)31)13-14-4-8-16(23)9-5-14)12-19(27)24-17-10-6-15(7-11-17)21(29)30-2/h4-11,18H,3,12-13H2,1-2H3,(H,24,27). The first-order chi connectivity index (χ1) is 14.8. The van der Waals surface area contributed by atoms with Crippen molar-refractivity contribution in [2.24, 2.45) is 0 Å². The van der Waals surface area contributed by atoms with E-state index in [0.29, 0.717) is 22.9 Å². The lowest BCUT2D eigenvalue weighted by atomic mass is 10.1. The lowest BCUT2D eigenvalue weighted by molar-refractivity contribution is -0.130. The minimum atomic E-state index is -0.758. The average Bonchev–Trinajstić information content (AvgIpc) is 2.98. The number of carbonyl (C=O) groups excluding carboxylic acids is 3. The van der Waals surface area contributed by atoms with Crippen LogP contribution in [0.2, 0.25) is 0 Å². The molecular weight excluding hydrogens is 421 g/mol. The Morgan fingerprint density at radius 3 is 2.35 bits per heavy atom. The molecule has 0 bridgehead atoms. The van der Waals surface area contributed by atoms with Crippen molar-refractivity contribution in [2.45, 2.75) is 25.9 Å². The summed E-state index contributed by atoms with van der Waals surface area (Å²) in [5, 5.41) is 3.08. The number of ether oxygens (including phenoxy) is 1. The first kappa shape index (κ1) is 22.4. The summed E-state index contributed by atoms with van der Waals surface area (Å²) in [4.78, 5) is 40.2. The summed E-state index contributed by atoms with van der Waals surface area (Å²) < 4.78 is 17.9. The summed E-state index contributed by atoms with van der Waals surface area (Å²) in [5.74, 6) is -1.44. The van der Waals surface area contributed by atoms with E-state index >= 15 is 0 Å². The molecule has 1 aliphatic heterocycles. The van der Waals surface area contributed by atoms with Crippen LogP contribution >= 0.6 is 12.2 Å². The molecule has 2 amide bonds. The summed E-state index contributed by atoms with van der Waals surface area (Å²) in [7, 11) is 1.29. The van der Waals surface area contributed by atoms with Crippen molar-refractivity contribution < 1.29 is 23.5 Å². The number of likely N-dealkylation sites (N-methyl/N-ethyl adjacent to an activating group) is 1. The van der Waals surface area contributed by atoms with Crippen LogP contribution in [0.4, 0.5) is 10.1 Å². The SMILES string of the molecule is CCN1C(=O)C(CC(=O)Nc2ccc(C(=O)OC)cc2)N(Cc2ccc(F)cc2)C1=S. The molecule has 162 valence electrons. The highest BCUT2D eigenvalue weighted by Crippen LogP contribution is 2.24. The third kappa shape index (κ3) is 5.05. The highest BCUT2D eigenvalue weighted by atomic mass is 32.1. The molecular formula is C22H22FN3O4S. The van der Waals surface area contributed by atoms with E-state index < -0.39 is 12.0 Å². The third-order valence-corrected chi connectivity index (χ3v) is 5.41. The number of benzene rings is 2. The van der Waals surface area contributed by atoms with Crippen LogP contribution < -0.4 is 5.32 Å². The van der Waals surface area contributed by atoms with Crippen LogP contribution in [0.25, 0.3) is 0 Å². The molecule has 3 rings (SSSR count). The highest BCUT2D eigenvalue weighted by molar-refractivity contribution is 7.80. The Bertz CT molecular complexity index is 995. The van der Waals surface area contributed by atoms with Crippen LogP contribution in [0.1, 0.15) is 29.3 Å². The van der Waals surface area contributed by atoms with Crippen molar-refractivity contribution in [3.63, 3.8) is 0 Å². The van der Waals surface area contributed by atoms with Crippen molar-refractivity contribution in [2.75, 3.05) is 19.0 Å². The number of nitrogens with one attached hydrogen (secondary N) is 1. The summed E-state index contributed by atoms with van der Waals surface area (Å²) >= 11 is 5.45. The van der Waals surface area contributed by atoms with E-state index in [1.807, 2.05) is 6.92 Å². The van der Waals surface area contributed by atoms with Crippen molar-refractivity contribution in [1.29, 1.82) is 0 Å². The number of esters is 1. The second-order valence-corrected chi connectivity index (χ2v) is 7.32. The molecule has 2 aromatic carbocycles. The van der Waals surface area contributed by atoms with E-state index in [1.54, 1.807) is 29.2 Å². The van der Waals surface area contributed by atoms with Gasteiger partial charge in [0.05, 0.1) is 19.1 Å². The molecule has 1 fully saturated rings. The third-order valence-electron chi connectivity index (χ3n) is 4.95. The first-order valence-electron chi connectivity index (χ1n) is 9.68. The van der Waals surface area contributed by atoms with Crippen molar-refractivity contribution in [3.8, 4) is 0 Å². The number of halogens is 1. The van der Waals surface area contributed by atoms with E-state index in [2.05, 4.69) is 10.1 Å². The number of anilines is 1. The maximum atomic E-state index is 13.2. The quantitative estimate of drug-likeness (QED) is 0.524. The van der Waals surface area contributed by atoms with E-state index in [0.717, 1.165) is 5.56 Å². The van der Waals surface area contributed by atoms with Gasteiger partial charge < -0.3 is 15.0 Å². The number of hydrogen-bond donors (Lipinski definition) is 1. The van der Waals surface area contributed by atoms with Gasteiger partial charge in [-0.3, -0.25) is 14.5 Å². The van der Waals surface area contributed by atoms with Crippen LogP contribution in [0.5, 0.6) is 0 Å². The van der Waals surface area contributed by atoms with Gasteiger partial charge in [-0.1, -0.05) is 12.1 Å². The van der Waals surface area contributed by atoms with Gasteiger partial charge in [0.1, 0.15) is 11.9 Å². The molecule has 1 N–H and O–H groups in total. The lowest BCUT2D eigenvalue weighted by Crippen LogP contribution is -2.37. The smallest absolute Gasteiger partial charge is 0.337 e. The van der Waals surface area contributed by atoms with Gasteiger partial charge in [-0.25, -0.2) is 9.18 Å². The Balaban J connectivity index is 1.72. The van der Waals surface area contributed by atoms with E-state index in [9.17, 15) is 18.8 Å². The summed E-state index contributed by atoms with van der Waals surface area (Å²) in [6.07, 6.45) is -0.102. The average molecular weight is 444 g/mol. The fraction of sp³-hybridized carbons (Fsp3) is 0.273. The number of methoxy groups -OCH3 is 1. The fourth-order valence-corrected chi connectivity index (χ4v) is 3.75. The predicted octanol–water partition coefficient (Wildman–Crippen LogP) is 2.96. The molecule has 9 heteroatoms. The molecule has 1 atom stereocenters. The molecule has 1 heterocycles. The maximum absolute atomic E-state index is 13.2. The second-order valence-electron chi connectivity index (χ2n) is 6.96. The van der Waals surface area contributed by atoms with Crippen LogP contribution in [-0.4, -0.2) is 52.4 Å². The van der Waals surface area contributed by atoms with Gasteiger partial charge in [0.25, 0.3) is 5.91 Å². The second kappa shape index (κ2) is 9.65. The molecule has 0 spiro atoms. The molecule has 1 saturated heterocycles. The van der Waals surface area contributed by atoms with Crippen molar-refractivity contribution in [3.05, 3.63) is 65.5 Å². The Labute approximate surface area is 184 Å². The number of carbonyl (C=O) groups is 3. The number of thiocarbonyl (C=S) groups is 1. The van der Waals surface area contributed by atoms with Crippen LogP contribution in [0.3, 0.4) is 0 Å². The minimum absolute atomic E-state index is 0.102. The molecule has 0 radical (unpaired) electrons. The van der Waals surface area contributed by atoms with Gasteiger partial charge in [0.2, 0.25) is 5.91 Å². The lowest BCUT2D eigenvalue weighted by Gasteiger charge is -2.24. The zero-order valence-corrected chi connectivity index (χ0v) is 17.9. The Morgan fingerprint density at radius 1 is 1.13 bits per heavy atom. The van der Waals surface area contributed by atoms with Crippen LogP contribution in [-0.2, 0) is 20.9 Å². The van der Waals surface area contributed by atoms with Crippen molar-refractivity contribution in [1.82, 2.24) is 9.80 Å². The van der Waals surface area contributed by atoms with Gasteiger partial charge in [0.15, 0.2) is 5.11 Å². The highest BCUT2D eigenvalue weighted by Gasteiger charge is 2.42. The van der Waals surface area contributed by atoms with Crippen LogP contribution in [0, 0.1) is 5.82 Å². The summed E-state index contributed by atoms with van der Waals surface area (Å²) in [5.41, 5.74) is 1.63. The van der Waals surface area contributed by atoms with Gasteiger partial charge in [0, 0.05) is 18.8 Å². The molecule has 2 aromatic rings. The molecule has 0 aliphatic carbocycles. The zero-order chi connectivity index (χ0) is 22.5. The number of rotatable bonds is 7. The number of nitrogens with zero attached hydrogens (tertiary/aromatic N) is 2. The van der Waals surface area contributed by atoms with E-state index in [1.165, 1.54) is 36.3 Å². The Kier molecular flexibility index (Phi) is 6.96. The Hall–Kier alpha value is -3.33.